The molecule has 0 aliphatic carbocycles. The van der Waals surface area contributed by atoms with Crippen LogP contribution in [-0.4, -0.2) is 25.6 Å². The second kappa shape index (κ2) is 7.08. The number of para-hydroxylation sites is 1. The zero-order valence-electron chi connectivity index (χ0n) is 13.1. The number of benzene rings is 1. The van der Waals surface area contributed by atoms with E-state index in [9.17, 15) is 13.2 Å². The number of nitrogens with zero attached hydrogens (tertiary/aromatic N) is 1. The lowest BCUT2D eigenvalue weighted by atomic mass is 10.2. The number of anilines is 1. The third-order valence-corrected chi connectivity index (χ3v) is 4.53. The molecule has 0 aliphatic rings. The molecule has 0 bridgehead atoms. The van der Waals surface area contributed by atoms with Crippen molar-refractivity contribution in [2.75, 3.05) is 11.0 Å². The number of thiophene rings is 1. The lowest BCUT2D eigenvalue weighted by Gasteiger charge is -2.09. The molecule has 0 fully saturated rings. The van der Waals surface area contributed by atoms with Crippen molar-refractivity contribution in [1.82, 2.24) is 4.98 Å². The highest BCUT2D eigenvalue weighted by molar-refractivity contribution is 7.92. The number of carbonyl (C=O) groups excluding carboxylic acids is 1. The molecule has 130 valence electrons. The van der Waals surface area contributed by atoms with E-state index in [2.05, 4.69) is 9.71 Å². The van der Waals surface area contributed by atoms with E-state index >= 15 is 0 Å². The van der Waals surface area contributed by atoms with Crippen molar-refractivity contribution in [2.24, 2.45) is 0 Å². The van der Waals surface area contributed by atoms with Crippen LogP contribution in [0.3, 0.4) is 0 Å². The molecule has 2 aromatic heterocycles. The maximum atomic E-state index is 12.2. The van der Waals surface area contributed by atoms with Gasteiger partial charge in [0.1, 0.15) is 18.6 Å². The van der Waals surface area contributed by atoms with Gasteiger partial charge in [0.05, 0.1) is 22.4 Å². The third-order valence-electron chi connectivity index (χ3n) is 3.08. The first-order valence-electron chi connectivity index (χ1n) is 7.14. The zero-order valence-corrected chi connectivity index (χ0v) is 14.8. The lowest BCUT2D eigenvalue weighted by Crippen LogP contribution is -2.14. The van der Waals surface area contributed by atoms with Crippen molar-refractivity contribution in [3.8, 4) is 10.8 Å². The molecule has 25 heavy (non-hydrogen) atoms. The van der Waals surface area contributed by atoms with Gasteiger partial charge in [0, 0.05) is 0 Å². The molecule has 0 saturated carbocycles. The van der Waals surface area contributed by atoms with Crippen LogP contribution >= 0.6 is 11.3 Å². The minimum atomic E-state index is -3.51. The minimum absolute atomic E-state index is 0.0824. The van der Waals surface area contributed by atoms with Gasteiger partial charge in [0.15, 0.2) is 0 Å². The van der Waals surface area contributed by atoms with E-state index in [0.29, 0.717) is 11.6 Å². The molecular formula is C16H14N2O5S2. The van der Waals surface area contributed by atoms with Crippen molar-refractivity contribution in [3.63, 3.8) is 0 Å². The Labute approximate surface area is 148 Å². The summed E-state index contributed by atoms with van der Waals surface area (Å²) in [7, 11) is -3.51. The smallest absolute Gasteiger partial charge is 0.340 e. The molecule has 1 N–H and O–H groups in total. The highest BCUT2D eigenvalue weighted by Gasteiger charge is 2.16. The minimum Gasteiger partial charge on any atom is -0.455 e. The van der Waals surface area contributed by atoms with Crippen molar-refractivity contribution < 1.29 is 22.4 Å². The fourth-order valence-corrected chi connectivity index (χ4v) is 3.29. The van der Waals surface area contributed by atoms with Gasteiger partial charge in [-0.15, -0.1) is 11.3 Å². The van der Waals surface area contributed by atoms with Gasteiger partial charge in [-0.2, -0.15) is 0 Å². The van der Waals surface area contributed by atoms with Crippen LogP contribution in [0.2, 0.25) is 0 Å². The first-order valence-corrected chi connectivity index (χ1v) is 9.92. The largest absolute Gasteiger partial charge is 0.455 e. The lowest BCUT2D eigenvalue weighted by molar-refractivity contribution is 0.0469. The Hall–Kier alpha value is -2.65. The summed E-state index contributed by atoms with van der Waals surface area (Å²) in [5.74, 6) is -0.201. The van der Waals surface area contributed by atoms with Crippen LogP contribution in [0.15, 0.2) is 52.5 Å². The zero-order chi connectivity index (χ0) is 17.9. The molecule has 2 heterocycles. The number of hydrogen-bond donors (Lipinski definition) is 1. The summed E-state index contributed by atoms with van der Waals surface area (Å²) in [5, 5.41) is 1.91. The van der Waals surface area contributed by atoms with E-state index in [4.69, 9.17) is 9.15 Å². The number of ether oxygens (including phenoxy) is 1. The molecule has 9 heteroatoms. The van der Waals surface area contributed by atoms with Crippen LogP contribution in [-0.2, 0) is 21.4 Å². The summed E-state index contributed by atoms with van der Waals surface area (Å²) in [5.41, 5.74) is 0.745. The van der Waals surface area contributed by atoms with Crippen LogP contribution in [0.5, 0.6) is 0 Å². The molecule has 0 aliphatic heterocycles. The van der Waals surface area contributed by atoms with Gasteiger partial charge >= 0.3 is 5.97 Å². The summed E-state index contributed by atoms with van der Waals surface area (Å²) >= 11 is 1.49. The number of rotatable bonds is 6. The first kappa shape index (κ1) is 17.2. The van der Waals surface area contributed by atoms with Crippen molar-refractivity contribution in [3.05, 3.63) is 59.3 Å². The molecule has 3 aromatic rings. The second-order valence-corrected chi connectivity index (χ2v) is 7.81. The molecule has 1 aromatic carbocycles. The van der Waals surface area contributed by atoms with Crippen LogP contribution < -0.4 is 4.72 Å². The predicted octanol–water partition coefficient (Wildman–Crippen LogP) is 3.13. The number of carbonyl (C=O) groups is 1. The summed E-state index contributed by atoms with van der Waals surface area (Å²) < 4.78 is 35.6. The van der Waals surface area contributed by atoms with Crippen LogP contribution in [0.1, 0.15) is 16.1 Å². The maximum absolute atomic E-state index is 12.2. The molecule has 0 amide bonds. The predicted molar refractivity (Wildman–Crippen MR) is 93.8 cm³/mol. The van der Waals surface area contributed by atoms with E-state index in [1.54, 1.807) is 12.1 Å². The van der Waals surface area contributed by atoms with E-state index in [-0.39, 0.29) is 17.9 Å². The van der Waals surface area contributed by atoms with Crippen molar-refractivity contribution >= 4 is 33.0 Å². The van der Waals surface area contributed by atoms with Gasteiger partial charge in [0.2, 0.25) is 15.9 Å². The highest BCUT2D eigenvalue weighted by atomic mass is 32.2. The average molecular weight is 378 g/mol. The van der Waals surface area contributed by atoms with Crippen molar-refractivity contribution in [1.29, 1.82) is 0 Å². The maximum Gasteiger partial charge on any atom is 0.340 e. The first-order chi connectivity index (χ1) is 11.9. The molecular weight excluding hydrogens is 364 g/mol. The number of nitrogens with one attached hydrogen (secondary N) is 1. The summed E-state index contributed by atoms with van der Waals surface area (Å²) in [6.45, 7) is -0.0824. The van der Waals surface area contributed by atoms with Crippen LogP contribution in [0.4, 0.5) is 5.69 Å². The van der Waals surface area contributed by atoms with Gasteiger partial charge in [-0.25, -0.2) is 18.2 Å². The second-order valence-electron chi connectivity index (χ2n) is 5.12. The summed E-state index contributed by atoms with van der Waals surface area (Å²) in [6, 6.07) is 9.97. The number of hydrogen-bond acceptors (Lipinski definition) is 7. The Balaban J connectivity index is 1.69. The van der Waals surface area contributed by atoms with Gasteiger partial charge in [0.25, 0.3) is 0 Å². The summed E-state index contributed by atoms with van der Waals surface area (Å²) in [6.07, 6.45) is 2.43. The van der Waals surface area contributed by atoms with Gasteiger partial charge in [-0.3, -0.25) is 4.72 Å². The third kappa shape index (κ3) is 4.46. The van der Waals surface area contributed by atoms with Crippen molar-refractivity contribution in [2.45, 2.75) is 6.61 Å². The summed E-state index contributed by atoms with van der Waals surface area (Å²) in [4.78, 5) is 17.4. The Morgan fingerprint density at radius 3 is 2.80 bits per heavy atom. The van der Waals surface area contributed by atoms with E-state index in [1.165, 1.54) is 29.7 Å². The standard InChI is InChI=1S/C16H14N2O5S2/c1-25(20,21)18-13-6-3-2-5-12(13)16(19)23-10-11-9-22-15(17-11)14-7-4-8-24-14/h2-9,18H,10H2,1H3. The molecule has 0 atom stereocenters. The normalized spacial score (nSPS) is 11.2. The Bertz CT molecular complexity index is 978. The average Bonchev–Trinajstić information content (AvgIpc) is 3.23. The quantitative estimate of drug-likeness (QED) is 0.662. The number of esters is 1. The molecule has 7 nitrogen and oxygen atoms in total. The van der Waals surface area contributed by atoms with Crippen LogP contribution in [0, 0.1) is 0 Å². The van der Waals surface area contributed by atoms with Gasteiger partial charge in [-0.05, 0) is 23.6 Å². The van der Waals surface area contributed by atoms with E-state index < -0.39 is 16.0 Å². The van der Waals surface area contributed by atoms with Gasteiger partial charge < -0.3 is 9.15 Å². The highest BCUT2D eigenvalue weighted by Crippen LogP contribution is 2.24. The fourth-order valence-electron chi connectivity index (χ4n) is 2.05. The SMILES string of the molecule is CS(=O)(=O)Nc1ccccc1C(=O)OCc1coc(-c2cccs2)n1. The van der Waals surface area contributed by atoms with Gasteiger partial charge in [-0.1, -0.05) is 18.2 Å². The number of aromatic nitrogens is 1. The molecule has 0 spiro atoms. The molecule has 0 saturated heterocycles. The molecule has 0 radical (unpaired) electrons. The van der Waals surface area contributed by atoms with E-state index in [0.717, 1.165) is 11.1 Å². The molecule has 0 unspecified atom stereocenters. The Morgan fingerprint density at radius 1 is 1.28 bits per heavy atom. The Morgan fingerprint density at radius 2 is 2.08 bits per heavy atom. The fraction of sp³-hybridized carbons (Fsp3) is 0.125. The van der Waals surface area contributed by atoms with E-state index in [1.807, 2.05) is 17.5 Å². The number of sulfonamides is 1. The topological polar surface area (TPSA) is 98.5 Å². The number of oxazole rings is 1. The van der Waals surface area contributed by atoms with Crippen LogP contribution in [0.25, 0.3) is 10.8 Å². The Kier molecular flexibility index (Phi) is 4.86. The molecule has 3 rings (SSSR count). The monoisotopic (exact) mass is 378 g/mol.